The third kappa shape index (κ3) is 1.56. The molecular formula is C9H6NO2S2-. The summed E-state index contributed by atoms with van der Waals surface area (Å²) in [6.07, 6.45) is 0. The van der Waals surface area contributed by atoms with Crippen molar-refractivity contribution < 1.29 is 9.90 Å². The molecular weight excluding hydrogens is 218 g/mol. The summed E-state index contributed by atoms with van der Waals surface area (Å²) in [5, 5.41) is 13.3. The monoisotopic (exact) mass is 224 g/mol. The van der Waals surface area contributed by atoms with Gasteiger partial charge in [-0.2, -0.15) is 0 Å². The van der Waals surface area contributed by atoms with E-state index in [2.05, 4.69) is 4.98 Å². The van der Waals surface area contributed by atoms with Crippen LogP contribution in [0.5, 0.6) is 0 Å². The standard InChI is InChI=1S/C9H7NO2S2/c1-5-7(9(11)12)14-8(10-5)6-3-2-4-13-6/h2-4H,1H3,(H,11,12)/p-1. The van der Waals surface area contributed by atoms with Crippen molar-refractivity contribution in [2.45, 2.75) is 6.92 Å². The molecule has 0 unspecified atom stereocenters. The van der Waals surface area contributed by atoms with Crippen molar-refractivity contribution in [3.05, 3.63) is 28.1 Å². The zero-order chi connectivity index (χ0) is 10.1. The van der Waals surface area contributed by atoms with Crippen molar-refractivity contribution in [3.8, 4) is 9.88 Å². The van der Waals surface area contributed by atoms with Crippen LogP contribution in [-0.2, 0) is 0 Å². The van der Waals surface area contributed by atoms with Gasteiger partial charge in [-0.25, -0.2) is 4.98 Å². The SMILES string of the molecule is Cc1nc(-c2cccs2)sc1C(=O)[O-]. The van der Waals surface area contributed by atoms with Gasteiger partial charge in [-0.1, -0.05) is 6.07 Å². The Morgan fingerprint density at radius 3 is 2.86 bits per heavy atom. The molecule has 2 aromatic rings. The van der Waals surface area contributed by atoms with Gasteiger partial charge in [-0.05, 0) is 18.4 Å². The van der Waals surface area contributed by atoms with Crippen molar-refractivity contribution >= 4 is 28.6 Å². The van der Waals surface area contributed by atoms with Crippen LogP contribution >= 0.6 is 22.7 Å². The van der Waals surface area contributed by atoms with Crippen LogP contribution in [0.1, 0.15) is 15.4 Å². The van der Waals surface area contributed by atoms with Crippen molar-refractivity contribution in [2.75, 3.05) is 0 Å². The molecule has 0 aliphatic carbocycles. The van der Waals surface area contributed by atoms with Gasteiger partial charge in [-0.3, -0.25) is 0 Å². The smallest absolute Gasteiger partial charge is 0.134 e. The van der Waals surface area contributed by atoms with Crippen molar-refractivity contribution in [1.29, 1.82) is 0 Å². The molecule has 0 aromatic carbocycles. The highest BCUT2D eigenvalue weighted by molar-refractivity contribution is 7.22. The van der Waals surface area contributed by atoms with E-state index in [9.17, 15) is 9.90 Å². The van der Waals surface area contributed by atoms with E-state index in [1.54, 1.807) is 18.3 Å². The first-order valence-electron chi connectivity index (χ1n) is 3.91. The minimum atomic E-state index is -1.15. The van der Waals surface area contributed by atoms with Crippen LogP contribution in [-0.4, -0.2) is 11.0 Å². The average Bonchev–Trinajstić information content (AvgIpc) is 2.70. The van der Waals surface area contributed by atoms with Crippen LogP contribution in [0.3, 0.4) is 0 Å². The summed E-state index contributed by atoms with van der Waals surface area (Å²) in [7, 11) is 0. The zero-order valence-corrected chi connectivity index (χ0v) is 8.95. The number of thiophene rings is 1. The Labute approximate surface area is 88.7 Å². The molecule has 0 N–H and O–H groups in total. The van der Waals surface area contributed by atoms with E-state index >= 15 is 0 Å². The summed E-state index contributed by atoms with van der Waals surface area (Å²) < 4.78 is 0. The van der Waals surface area contributed by atoms with E-state index in [1.807, 2.05) is 17.5 Å². The number of carbonyl (C=O) groups is 1. The summed E-state index contributed by atoms with van der Waals surface area (Å²) in [5.41, 5.74) is 0.526. The maximum Gasteiger partial charge on any atom is 0.134 e. The highest BCUT2D eigenvalue weighted by Crippen LogP contribution is 2.30. The van der Waals surface area contributed by atoms with Gasteiger partial charge < -0.3 is 9.90 Å². The lowest BCUT2D eigenvalue weighted by molar-refractivity contribution is -0.254. The molecule has 0 aliphatic rings. The maximum atomic E-state index is 10.7. The summed E-state index contributed by atoms with van der Waals surface area (Å²) >= 11 is 2.71. The van der Waals surface area contributed by atoms with Crippen LogP contribution in [0.25, 0.3) is 9.88 Å². The van der Waals surface area contributed by atoms with Crippen LogP contribution < -0.4 is 5.11 Å². The molecule has 0 spiro atoms. The number of aromatic carboxylic acids is 1. The lowest BCUT2D eigenvalue weighted by Crippen LogP contribution is -2.21. The Bertz CT molecular complexity index is 459. The van der Waals surface area contributed by atoms with Crippen LogP contribution in [0.15, 0.2) is 17.5 Å². The molecule has 0 fully saturated rings. The second kappa shape index (κ2) is 3.51. The summed E-state index contributed by atoms with van der Waals surface area (Å²) in [6, 6.07) is 3.83. The second-order valence-electron chi connectivity index (χ2n) is 2.70. The largest absolute Gasteiger partial charge is 0.544 e. The average molecular weight is 224 g/mol. The molecule has 0 atom stereocenters. The summed E-state index contributed by atoms with van der Waals surface area (Å²) in [5.74, 6) is -1.15. The summed E-state index contributed by atoms with van der Waals surface area (Å²) in [6.45, 7) is 1.68. The molecule has 2 aromatic heterocycles. The van der Waals surface area contributed by atoms with Crippen LogP contribution in [0.2, 0.25) is 0 Å². The molecule has 0 amide bonds. The summed E-state index contributed by atoms with van der Waals surface area (Å²) in [4.78, 5) is 16.1. The van der Waals surface area contributed by atoms with Crippen molar-refractivity contribution in [2.24, 2.45) is 0 Å². The lowest BCUT2D eigenvalue weighted by atomic mass is 10.4. The molecule has 72 valence electrons. The molecule has 14 heavy (non-hydrogen) atoms. The number of hydrogen-bond acceptors (Lipinski definition) is 5. The normalized spacial score (nSPS) is 10.4. The molecule has 0 saturated carbocycles. The zero-order valence-electron chi connectivity index (χ0n) is 7.31. The van der Waals surface area contributed by atoms with Gasteiger partial charge in [0.2, 0.25) is 0 Å². The first-order chi connectivity index (χ1) is 6.68. The quantitative estimate of drug-likeness (QED) is 0.777. The molecule has 0 saturated heterocycles. The number of aromatic nitrogens is 1. The fourth-order valence-electron chi connectivity index (χ4n) is 1.09. The minimum Gasteiger partial charge on any atom is -0.544 e. The van der Waals surface area contributed by atoms with E-state index in [-0.39, 0.29) is 4.88 Å². The first-order valence-corrected chi connectivity index (χ1v) is 5.61. The Balaban J connectivity index is 2.48. The molecule has 2 rings (SSSR count). The van der Waals surface area contributed by atoms with Gasteiger partial charge in [0.05, 0.1) is 21.4 Å². The van der Waals surface area contributed by atoms with Gasteiger partial charge in [-0.15, -0.1) is 22.7 Å². The van der Waals surface area contributed by atoms with Crippen LogP contribution in [0, 0.1) is 6.92 Å². The predicted octanol–water partition coefficient (Wildman–Crippen LogP) is 1.54. The van der Waals surface area contributed by atoms with Crippen LogP contribution in [0.4, 0.5) is 0 Å². The number of hydrogen-bond donors (Lipinski definition) is 0. The fraction of sp³-hybridized carbons (Fsp3) is 0.111. The predicted molar refractivity (Wildman–Crippen MR) is 54.5 cm³/mol. The molecule has 0 aliphatic heterocycles. The molecule has 0 radical (unpaired) electrons. The maximum absolute atomic E-state index is 10.7. The molecule has 3 nitrogen and oxygen atoms in total. The Kier molecular flexibility index (Phi) is 2.35. The van der Waals surface area contributed by atoms with Gasteiger partial charge >= 0.3 is 0 Å². The Hall–Kier alpha value is -1.20. The van der Waals surface area contributed by atoms with E-state index in [0.29, 0.717) is 5.69 Å². The van der Waals surface area contributed by atoms with E-state index < -0.39 is 5.97 Å². The van der Waals surface area contributed by atoms with Gasteiger partial charge in [0, 0.05) is 0 Å². The van der Waals surface area contributed by atoms with Crippen molar-refractivity contribution in [1.82, 2.24) is 4.98 Å². The second-order valence-corrected chi connectivity index (χ2v) is 4.65. The van der Waals surface area contributed by atoms with E-state index in [1.165, 1.54) is 0 Å². The topological polar surface area (TPSA) is 53.0 Å². The molecule has 0 bridgehead atoms. The number of rotatable bonds is 2. The highest BCUT2D eigenvalue weighted by Gasteiger charge is 2.10. The lowest BCUT2D eigenvalue weighted by Gasteiger charge is -1.95. The number of aryl methyl sites for hydroxylation is 1. The van der Waals surface area contributed by atoms with E-state index in [4.69, 9.17) is 0 Å². The number of thiazole rings is 1. The number of carbonyl (C=O) groups excluding carboxylic acids is 1. The minimum absolute atomic E-state index is 0.216. The van der Waals surface area contributed by atoms with Gasteiger partial charge in [0.15, 0.2) is 0 Å². The molecule has 2 heterocycles. The number of carboxylic acid groups (broad SMARTS) is 1. The van der Waals surface area contributed by atoms with Gasteiger partial charge in [0.1, 0.15) is 5.01 Å². The highest BCUT2D eigenvalue weighted by atomic mass is 32.1. The fourth-order valence-corrected chi connectivity index (χ4v) is 2.79. The molecule has 5 heteroatoms. The first kappa shape index (κ1) is 9.36. The van der Waals surface area contributed by atoms with E-state index in [0.717, 1.165) is 21.2 Å². The number of carboxylic acids is 1. The Morgan fingerprint density at radius 2 is 2.36 bits per heavy atom. The van der Waals surface area contributed by atoms with Crippen molar-refractivity contribution in [3.63, 3.8) is 0 Å². The number of nitrogens with zero attached hydrogens (tertiary/aromatic N) is 1. The van der Waals surface area contributed by atoms with Gasteiger partial charge in [0.25, 0.3) is 0 Å². The third-order valence-corrected chi connectivity index (χ3v) is 3.89. The third-order valence-electron chi connectivity index (χ3n) is 1.71. The Morgan fingerprint density at radius 1 is 1.57 bits per heavy atom.